The number of hydrogen-bond donors (Lipinski definition) is 1. The second-order valence-corrected chi connectivity index (χ2v) is 6.03. The Balaban J connectivity index is 2.01. The number of aromatic nitrogens is 1. The fourth-order valence-electron chi connectivity index (χ4n) is 2.34. The normalized spacial score (nSPS) is 16.8. The van der Waals surface area contributed by atoms with Gasteiger partial charge in [-0.2, -0.15) is 0 Å². The summed E-state index contributed by atoms with van der Waals surface area (Å²) in [5.41, 5.74) is 5.67. The molecule has 1 aromatic heterocycles. The Morgan fingerprint density at radius 1 is 1.33 bits per heavy atom. The first-order valence-electron chi connectivity index (χ1n) is 6.77. The maximum atomic E-state index is 13.1. The Morgan fingerprint density at radius 3 is 2.48 bits per heavy atom. The summed E-state index contributed by atoms with van der Waals surface area (Å²) < 4.78 is 13.1. The fraction of sp³-hybridized carbons (Fsp3) is 0.500. The summed E-state index contributed by atoms with van der Waals surface area (Å²) in [5, 5.41) is 0. The number of carbonyl (C=O) groups excluding carboxylic acids is 1. The maximum Gasteiger partial charge on any atom is 0.255 e. The molecule has 1 saturated heterocycles. The van der Waals surface area contributed by atoms with Gasteiger partial charge in [-0.1, -0.05) is 12.2 Å². The van der Waals surface area contributed by atoms with Gasteiger partial charge in [-0.05, 0) is 19.9 Å². The number of pyridine rings is 1. The number of halogens is 1. The van der Waals surface area contributed by atoms with E-state index in [0.717, 1.165) is 6.20 Å². The predicted octanol–water partition coefficient (Wildman–Crippen LogP) is 1.04. The Bertz CT molecular complexity index is 556. The molecule has 0 bridgehead atoms. The van der Waals surface area contributed by atoms with E-state index in [1.54, 1.807) is 4.90 Å². The minimum atomic E-state index is -0.505. The number of rotatable bonds is 3. The molecule has 2 rings (SSSR count). The van der Waals surface area contributed by atoms with Gasteiger partial charge in [0.15, 0.2) is 0 Å². The number of carbonyl (C=O) groups is 1. The van der Waals surface area contributed by atoms with E-state index in [1.807, 2.05) is 13.8 Å². The molecule has 1 aromatic rings. The molecule has 0 unspecified atom stereocenters. The van der Waals surface area contributed by atoms with Crippen molar-refractivity contribution < 1.29 is 9.18 Å². The van der Waals surface area contributed by atoms with Crippen molar-refractivity contribution in [2.45, 2.75) is 19.4 Å². The molecule has 5 nitrogen and oxygen atoms in total. The van der Waals surface area contributed by atoms with Gasteiger partial charge >= 0.3 is 0 Å². The highest BCUT2D eigenvalue weighted by Gasteiger charge is 2.33. The third kappa shape index (κ3) is 3.36. The minimum absolute atomic E-state index is 0.199. The minimum Gasteiger partial charge on any atom is -0.392 e. The van der Waals surface area contributed by atoms with Crippen LogP contribution in [0.1, 0.15) is 24.2 Å². The van der Waals surface area contributed by atoms with Gasteiger partial charge in [0.2, 0.25) is 0 Å². The number of nitrogens with zero attached hydrogens (tertiary/aromatic N) is 3. The molecule has 2 heterocycles. The van der Waals surface area contributed by atoms with Crippen LogP contribution in [0, 0.1) is 5.82 Å². The molecule has 0 spiro atoms. The molecule has 1 aliphatic heterocycles. The molecule has 114 valence electrons. The smallest absolute Gasteiger partial charge is 0.255 e. The Hall–Kier alpha value is -1.60. The van der Waals surface area contributed by atoms with E-state index in [2.05, 4.69) is 9.88 Å². The van der Waals surface area contributed by atoms with E-state index in [1.165, 1.54) is 12.3 Å². The Kier molecular flexibility index (Phi) is 4.53. The van der Waals surface area contributed by atoms with Crippen molar-refractivity contribution in [2.75, 3.05) is 26.2 Å². The molecule has 0 aliphatic carbocycles. The zero-order valence-corrected chi connectivity index (χ0v) is 13.0. The van der Waals surface area contributed by atoms with Gasteiger partial charge < -0.3 is 10.6 Å². The fourth-order valence-corrected chi connectivity index (χ4v) is 2.46. The van der Waals surface area contributed by atoms with Crippen molar-refractivity contribution in [2.24, 2.45) is 5.73 Å². The lowest BCUT2D eigenvalue weighted by Gasteiger charge is -2.43. The van der Waals surface area contributed by atoms with Crippen LogP contribution >= 0.6 is 12.2 Å². The molecule has 0 atom stereocenters. The van der Waals surface area contributed by atoms with Crippen LogP contribution in [0.5, 0.6) is 0 Å². The monoisotopic (exact) mass is 310 g/mol. The highest BCUT2D eigenvalue weighted by atomic mass is 32.1. The molecule has 7 heteroatoms. The molecule has 1 aliphatic rings. The lowest BCUT2D eigenvalue weighted by molar-refractivity contribution is 0.0539. The second kappa shape index (κ2) is 6.03. The van der Waals surface area contributed by atoms with Crippen molar-refractivity contribution in [3.8, 4) is 0 Å². The van der Waals surface area contributed by atoms with Gasteiger partial charge in [-0.25, -0.2) is 4.39 Å². The molecule has 1 fully saturated rings. The maximum absolute atomic E-state index is 13.1. The van der Waals surface area contributed by atoms with Gasteiger partial charge in [0.1, 0.15) is 5.82 Å². The largest absolute Gasteiger partial charge is 0.392 e. The summed E-state index contributed by atoms with van der Waals surface area (Å²) in [6.45, 7) is 6.42. The van der Waals surface area contributed by atoms with Crippen LogP contribution in [0.25, 0.3) is 0 Å². The first-order chi connectivity index (χ1) is 9.82. The van der Waals surface area contributed by atoms with E-state index < -0.39 is 5.82 Å². The van der Waals surface area contributed by atoms with Gasteiger partial charge in [0.05, 0.1) is 22.3 Å². The van der Waals surface area contributed by atoms with Crippen LogP contribution in [0.2, 0.25) is 0 Å². The van der Waals surface area contributed by atoms with Crippen molar-refractivity contribution in [3.63, 3.8) is 0 Å². The molecular weight excluding hydrogens is 291 g/mol. The van der Waals surface area contributed by atoms with Crippen molar-refractivity contribution in [1.82, 2.24) is 14.8 Å². The van der Waals surface area contributed by atoms with E-state index in [9.17, 15) is 9.18 Å². The zero-order valence-electron chi connectivity index (χ0n) is 12.2. The summed E-state index contributed by atoms with van der Waals surface area (Å²) >= 11 is 5.09. The molecule has 0 saturated carbocycles. The van der Waals surface area contributed by atoms with E-state index in [0.29, 0.717) is 31.2 Å². The van der Waals surface area contributed by atoms with Crippen molar-refractivity contribution in [1.29, 1.82) is 0 Å². The molecule has 0 radical (unpaired) electrons. The third-order valence-electron chi connectivity index (χ3n) is 3.91. The SMILES string of the molecule is CC(C)(C(N)=S)N1CCN(C(=O)c2cncc(F)c2)CC1. The highest BCUT2D eigenvalue weighted by Crippen LogP contribution is 2.18. The lowest BCUT2D eigenvalue weighted by Crippen LogP contribution is -2.59. The van der Waals surface area contributed by atoms with Crippen LogP contribution in [0.3, 0.4) is 0 Å². The molecule has 2 N–H and O–H groups in total. The van der Waals surface area contributed by atoms with Gasteiger partial charge in [-0.3, -0.25) is 14.7 Å². The van der Waals surface area contributed by atoms with Gasteiger partial charge in [0.25, 0.3) is 5.91 Å². The first-order valence-corrected chi connectivity index (χ1v) is 7.18. The number of nitrogens with two attached hydrogens (primary N) is 1. The van der Waals surface area contributed by atoms with Gasteiger partial charge in [0, 0.05) is 32.4 Å². The average molecular weight is 310 g/mol. The quantitative estimate of drug-likeness (QED) is 0.845. The number of amides is 1. The first kappa shape index (κ1) is 15.8. The Labute approximate surface area is 128 Å². The van der Waals surface area contributed by atoms with Crippen LogP contribution in [-0.4, -0.2) is 57.4 Å². The van der Waals surface area contributed by atoms with Crippen LogP contribution in [-0.2, 0) is 0 Å². The standard InChI is InChI=1S/C14H19FN4OS/c1-14(2,13(16)21)19-5-3-18(4-6-19)12(20)10-7-11(15)9-17-8-10/h7-9H,3-6H2,1-2H3,(H2,16,21). The summed E-state index contributed by atoms with van der Waals surface area (Å²) in [6, 6.07) is 1.21. The average Bonchev–Trinajstić information content (AvgIpc) is 2.46. The number of hydrogen-bond acceptors (Lipinski definition) is 4. The zero-order chi connectivity index (χ0) is 15.6. The van der Waals surface area contributed by atoms with E-state index >= 15 is 0 Å². The molecule has 0 aromatic carbocycles. The molecular formula is C14H19FN4OS. The van der Waals surface area contributed by atoms with E-state index in [4.69, 9.17) is 18.0 Å². The predicted molar refractivity (Wildman–Crippen MR) is 82.5 cm³/mol. The van der Waals surface area contributed by atoms with Crippen molar-refractivity contribution >= 4 is 23.1 Å². The summed E-state index contributed by atoms with van der Waals surface area (Å²) in [4.78, 5) is 20.3. The number of piperazine rings is 1. The van der Waals surface area contributed by atoms with Crippen LogP contribution in [0.15, 0.2) is 18.5 Å². The summed E-state index contributed by atoms with van der Waals surface area (Å²) in [5.74, 6) is -0.705. The topological polar surface area (TPSA) is 62.5 Å². The Morgan fingerprint density at radius 2 is 1.95 bits per heavy atom. The lowest BCUT2D eigenvalue weighted by atomic mass is 10.0. The molecule has 21 heavy (non-hydrogen) atoms. The number of thiocarbonyl (C=S) groups is 1. The van der Waals surface area contributed by atoms with Gasteiger partial charge in [-0.15, -0.1) is 0 Å². The second-order valence-electron chi connectivity index (χ2n) is 5.59. The highest BCUT2D eigenvalue weighted by molar-refractivity contribution is 7.80. The summed E-state index contributed by atoms with van der Waals surface area (Å²) in [7, 11) is 0. The van der Waals surface area contributed by atoms with Crippen LogP contribution < -0.4 is 5.73 Å². The van der Waals surface area contributed by atoms with E-state index in [-0.39, 0.29) is 17.0 Å². The summed E-state index contributed by atoms with van der Waals surface area (Å²) in [6.07, 6.45) is 2.47. The molecule has 1 amide bonds. The van der Waals surface area contributed by atoms with Crippen molar-refractivity contribution in [3.05, 3.63) is 29.8 Å². The third-order valence-corrected chi connectivity index (χ3v) is 4.41. The van der Waals surface area contributed by atoms with Crippen LogP contribution in [0.4, 0.5) is 4.39 Å².